The Bertz CT molecular complexity index is 679. The molecular weight excluding hydrogens is 300 g/mol. The van der Waals surface area contributed by atoms with Gasteiger partial charge < -0.3 is 10.2 Å². The number of nitrogens with zero attached hydrogens (tertiary/aromatic N) is 1. The monoisotopic (exact) mass is 324 g/mol. The van der Waals surface area contributed by atoms with Crippen LogP contribution in [0, 0.1) is 0 Å². The van der Waals surface area contributed by atoms with Crippen LogP contribution in [0.2, 0.25) is 0 Å². The first kappa shape index (κ1) is 17.7. The maximum atomic E-state index is 12.7. The maximum absolute atomic E-state index is 12.7. The van der Waals surface area contributed by atoms with Crippen molar-refractivity contribution >= 4 is 17.5 Å². The lowest BCUT2D eigenvalue weighted by Gasteiger charge is -2.27. The molecule has 0 saturated heterocycles. The second kappa shape index (κ2) is 8.29. The van der Waals surface area contributed by atoms with Gasteiger partial charge in [-0.2, -0.15) is 0 Å². The fourth-order valence-electron chi connectivity index (χ4n) is 2.52. The molecule has 4 heteroatoms. The average molecular weight is 324 g/mol. The number of benzene rings is 2. The van der Waals surface area contributed by atoms with Crippen molar-refractivity contribution in [1.29, 1.82) is 0 Å². The van der Waals surface area contributed by atoms with Crippen molar-refractivity contribution in [3.63, 3.8) is 0 Å². The minimum atomic E-state index is -0.104. The van der Waals surface area contributed by atoms with Crippen LogP contribution >= 0.6 is 0 Å². The van der Waals surface area contributed by atoms with Crippen LogP contribution in [0.25, 0.3) is 0 Å². The molecule has 0 aliphatic heterocycles. The fourth-order valence-corrected chi connectivity index (χ4v) is 2.52. The fraction of sp³-hybridized carbons (Fsp3) is 0.300. The zero-order valence-corrected chi connectivity index (χ0v) is 14.5. The molecule has 1 N–H and O–H groups in total. The minimum absolute atomic E-state index is 0.0983. The Morgan fingerprint density at radius 2 is 1.58 bits per heavy atom. The van der Waals surface area contributed by atoms with E-state index in [4.69, 9.17) is 0 Å². The van der Waals surface area contributed by atoms with Crippen LogP contribution in [0.1, 0.15) is 31.9 Å². The molecule has 0 fully saturated rings. The normalized spacial score (nSPS) is 10.5. The van der Waals surface area contributed by atoms with Crippen molar-refractivity contribution in [2.45, 2.75) is 39.8 Å². The number of anilines is 1. The summed E-state index contributed by atoms with van der Waals surface area (Å²) in [6.45, 7) is 6.14. The number of rotatable bonds is 6. The van der Waals surface area contributed by atoms with Crippen molar-refractivity contribution < 1.29 is 9.59 Å². The van der Waals surface area contributed by atoms with Gasteiger partial charge >= 0.3 is 0 Å². The van der Waals surface area contributed by atoms with Gasteiger partial charge in [0.05, 0.1) is 6.42 Å². The van der Waals surface area contributed by atoms with Crippen LogP contribution in [0.5, 0.6) is 0 Å². The maximum Gasteiger partial charge on any atom is 0.227 e. The van der Waals surface area contributed by atoms with Gasteiger partial charge in [0.25, 0.3) is 0 Å². The van der Waals surface area contributed by atoms with Gasteiger partial charge in [-0.25, -0.2) is 0 Å². The molecule has 2 aromatic rings. The van der Waals surface area contributed by atoms with Crippen LogP contribution in [-0.4, -0.2) is 22.8 Å². The quantitative estimate of drug-likeness (QED) is 0.882. The lowest BCUT2D eigenvalue weighted by Crippen LogP contribution is -2.37. The van der Waals surface area contributed by atoms with Crippen molar-refractivity contribution in [3.05, 3.63) is 65.7 Å². The Morgan fingerprint density at radius 1 is 0.958 bits per heavy atom. The number of amides is 2. The van der Waals surface area contributed by atoms with Gasteiger partial charge in [-0.3, -0.25) is 9.59 Å². The third kappa shape index (κ3) is 5.23. The van der Waals surface area contributed by atoms with Gasteiger partial charge in [0, 0.05) is 25.2 Å². The van der Waals surface area contributed by atoms with Crippen LogP contribution < -0.4 is 5.32 Å². The largest absolute Gasteiger partial charge is 0.336 e. The zero-order valence-electron chi connectivity index (χ0n) is 14.5. The molecule has 0 saturated carbocycles. The van der Waals surface area contributed by atoms with E-state index in [1.807, 2.05) is 73.3 Å². The molecule has 0 spiro atoms. The molecule has 2 rings (SSSR count). The topological polar surface area (TPSA) is 49.4 Å². The van der Waals surface area contributed by atoms with Crippen molar-refractivity contribution in [2.24, 2.45) is 0 Å². The van der Waals surface area contributed by atoms with Gasteiger partial charge in [-0.1, -0.05) is 42.5 Å². The summed E-state index contributed by atoms with van der Waals surface area (Å²) in [4.78, 5) is 25.6. The molecular formula is C20H24N2O2. The van der Waals surface area contributed by atoms with Gasteiger partial charge in [0.15, 0.2) is 0 Å². The minimum Gasteiger partial charge on any atom is -0.336 e. The molecule has 24 heavy (non-hydrogen) atoms. The molecule has 0 heterocycles. The van der Waals surface area contributed by atoms with E-state index in [9.17, 15) is 9.59 Å². The lowest BCUT2D eigenvalue weighted by atomic mass is 10.1. The molecule has 2 aromatic carbocycles. The number of carbonyl (C=O) groups is 2. The van der Waals surface area contributed by atoms with Crippen molar-refractivity contribution in [2.75, 3.05) is 5.32 Å². The van der Waals surface area contributed by atoms with Crippen LogP contribution in [0.3, 0.4) is 0 Å². The van der Waals surface area contributed by atoms with E-state index in [0.717, 1.165) is 16.8 Å². The van der Waals surface area contributed by atoms with E-state index in [1.54, 1.807) is 0 Å². The Labute approximate surface area is 143 Å². The summed E-state index contributed by atoms with van der Waals surface area (Å²) in [5, 5.41) is 2.72. The molecule has 0 bridgehead atoms. The van der Waals surface area contributed by atoms with E-state index < -0.39 is 0 Å². The Kier molecular flexibility index (Phi) is 6.13. The molecule has 2 amide bonds. The average Bonchev–Trinajstić information content (AvgIpc) is 2.54. The standard InChI is InChI=1S/C20H24N2O2/c1-15(2)22(14-18-7-5-4-6-8-18)20(24)13-17-9-11-19(12-10-17)21-16(3)23/h4-12,15H,13-14H2,1-3H3,(H,21,23). The Hall–Kier alpha value is -2.62. The molecule has 0 atom stereocenters. The van der Waals surface area contributed by atoms with Gasteiger partial charge in [0.1, 0.15) is 0 Å². The SMILES string of the molecule is CC(=O)Nc1ccc(CC(=O)N(Cc2ccccc2)C(C)C)cc1. The molecule has 126 valence electrons. The van der Waals surface area contributed by atoms with E-state index in [-0.39, 0.29) is 17.9 Å². The van der Waals surface area contributed by atoms with Crippen molar-refractivity contribution in [1.82, 2.24) is 4.90 Å². The molecule has 4 nitrogen and oxygen atoms in total. The highest BCUT2D eigenvalue weighted by molar-refractivity contribution is 5.88. The summed E-state index contributed by atoms with van der Waals surface area (Å²) in [6, 6.07) is 17.5. The highest BCUT2D eigenvalue weighted by atomic mass is 16.2. The predicted octanol–water partition coefficient (Wildman–Crippen LogP) is 3.62. The predicted molar refractivity (Wildman–Crippen MR) is 96.6 cm³/mol. The van der Waals surface area contributed by atoms with E-state index in [1.165, 1.54) is 6.92 Å². The van der Waals surface area contributed by atoms with Gasteiger partial charge in [-0.05, 0) is 37.1 Å². The summed E-state index contributed by atoms with van der Waals surface area (Å²) >= 11 is 0. The first-order valence-corrected chi connectivity index (χ1v) is 8.15. The van der Waals surface area contributed by atoms with Gasteiger partial charge in [0.2, 0.25) is 11.8 Å². The summed E-state index contributed by atoms with van der Waals surface area (Å²) < 4.78 is 0. The highest BCUT2D eigenvalue weighted by Crippen LogP contribution is 2.14. The summed E-state index contributed by atoms with van der Waals surface area (Å²) in [7, 11) is 0. The molecule has 0 unspecified atom stereocenters. The van der Waals surface area contributed by atoms with E-state index in [2.05, 4.69) is 5.32 Å². The first-order chi connectivity index (χ1) is 11.5. The second-order valence-corrected chi connectivity index (χ2v) is 6.16. The summed E-state index contributed by atoms with van der Waals surface area (Å²) in [6.07, 6.45) is 0.353. The zero-order chi connectivity index (χ0) is 17.5. The lowest BCUT2D eigenvalue weighted by molar-refractivity contribution is -0.132. The van der Waals surface area contributed by atoms with Crippen LogP contribution in [0.15, 0.2) is 54.6 Å². The first-order valence-electron chi connectivity index (χ1n) is 8.15. The smallest absolute Gasteiger partial charge is 0.227 e. The Morgan fingerprint density at radius 3 is 2.12 bits per heavy atom. The second-order valence-electron chi connectivity index (χ2n) is 6.16. The number of carbonyl (C=O) groups excluding carboxylic acids is 2. The van der Waals surface area contributed by atoms with Crippen molar-refractivity contribution in [3.8, 4) is 0 Å². The molecule has 0 radical (unpaired) electrons. The molecule has 0 aliphatic rings. The van der Waals surface area contributed by atoms with Crippen LogP contribution in [0.4, 0.5) is 5.69 Å². The summed E-state index contributed by atoms with van der Waals surface area (Å²) in [5.74, 6) is -0.00574. The Balaban J connectivity index is 2.03. The number of hydrogen-bond acceptors (Lipinski definition) is 2. The highest BCUT2D eigenvalue weighted by Gasteiger charge is 2.17. The van der Waals surface area contributed by atoms with E-state index >= 15 is 0 Å². The van der Waals surface area contributed by atoms with E-state index in [0.29, 0.717) is 13.0 Å². The molecule has 0 aromatic heterocycles. The number of hydrogen-bond donors (Lipinski definition) is 1. The number of nitrogens with one attached hydrogen (secondary N) is 1. The molecule has 0 aliphatic carbocycles. The summed E-state index contributed by atoms with van der Waals surface area (Å²) in [5.41, 5.74) is 2.80. The third-order valence-electron chi connectivity index (χ3n) is 3.77. The third-order valence-corrected chi connectivity index (χ3v) is 3.77. The van der Waals surface area contributed by atoms with Gasteiger partial charge in [-0.15, -0.1) is 0 Å². The van der Waals surface area contributed by atoms with Crippen LogP contribution in [-0.2, 0) is 22.6 Å².